The number of benzene rings is 1. The SMILES string of the molecule is Bc1cccc(NC)c1CC=O. The van der Waals surface area contributed by atoms with Crippen molar-refractivity contribution < 1.29 is 4.79 Å². The first-order valence-electron chi connectivity index (χ1n) is 3.99. The molecule has 0 heterocycles. The lowest BCUT2D eigenvalue weighted by Gasteiger charge is -2.08. The fraction of sp³-hybridized carbons (Fsp3) is 0.222. The minimum atomic E-state index is 0.489. The molecule has 0 atom stereocenters. The first-order chi connectivity index (χ1) is 5.79. The molecule has 0 aliphatic carbocycles. The molecule has 3 heteroatoms. The number of anilines is 1. The predicted octanol–water partition coefficient (Wildman–Crippen LogP) is -0.272. The van der Waals surface area contributed by atoms with Gasteiger partial charge in [0.15, 0.2) is 0 Å². The standard InChI is InChI=1S/C9H12BNO/c1-11-9-4-2-3-8(10)7(9)5-6-12/h2-4,6,11H,5,10H2,1H3. The quantitative estimate of drug-likeness (QED) is 0.488. The first kappa shape index (κ1) is 8.85. The van der Waals surface area contributed by atoms with E-state index in [9.17, 15) is 4.79 Å². The van der Waals surface area contributed by atoms with Crippen LogP contribution in [-0.4, -0.2) is 21.2 Å². The Balaban J connectivity index is 3.10. The second-order valence-corrected chi connectivity index (χ2v) is 2.72. The first-order valence-corrected chi connectivity index (χ1v) is 3.99. The Labute approximate surface area is 73.4 Å². The van der Waals surface area contributed by atoms with Gasteiger partial charge in [-0.25, -0.2) is 0 Å². The van der Waals surface area contributed by atoms with Gasteiger partial charge < -0.3 is 10.1 Å². The summed E-state index contributed by atoms with van der Waals surface area (Å²) < 4.78 is 0. The monoisotopic (exact) mass is 161 g/mol. The van der Waals surface area contributed by atoms with Gasteiger partial charge in [0.1, 0.15) is 14.1 Å². The molecule has 0 fully saturated rings. The summed E-state index contributed by atoms with van der Waals surface area (Å²) in [4.78, 5) is 10.4. The van der Waals surface area contributed by atoms with E-state index in [-0.39, 0.29) is 0 Å². The Bertz CT molecular complexity index is 286. The summed E-state index contributed by atoms with van der Waals surface area (Å²) in [6.07, 6.45) is 1.42. The molecule has 1 aromatic carbocycles. The fourth-order valence-corrected chi connectivity index (χ4v) is 1.29. The maximum Gasteiger partial charge on any atom is 0.139 e. The Morgan fingerprint density at radius 2 is 2.33 bits per heavy atom. The minimum Gasteiger partial charge on any atom is -0.388 e. The highest BCUT2D eigenvalue weighted by Gasteiger charge is 2.01. The summed E-state index contributed by atoms with van der Waals surface area (Å²) in [5.74, 6) is 0. The second-order valence-electron chi connectivity index (χ2n) is 2.72. The molecular formula is C9H12BNO. The second kappa shape index (κ2) is 3.95. The molecule has 0 spiro atoms. The van der Waals surface area contributed by atoms with Gasteiger partial charge in [-0.1, -0.05) is 17.6 Å². The van der Waals surface area contributed by atoms with Crippen LogP contribution < -0.4 is 10.8 Å². The van der Waals surface area contributed by atoms with E-state index in [0.717, 1.165) is 23.0 Å². The number of carbonyl (C=O) groups excluding carboxylic acids is 1. The Morgan fingerprint density at radius 1 is 1.58 bits per heavy atom. The summed E-state index contributed by atoms with van der Waals surface area (Å²) in [7, 11) is 3.88. The lowest BCUT2D eigenvalue weighted by molar-refractivity contribution is -0.107. The van der Waals surface area contributed by atoms with Crippen molar-refractivity contribution in [2.75, 3.05) is 12.4 Å². The highest BCUT2D eigenvalue weighted by Crippen LogP contribution is 2.11. The van der Waals surface area contributed by atoms with E-state index in [4.69, 9.17) is 0 Å². The van der Waals surface area contributed by atoms with E-state index < -0.39 is 0 Å². The van der Waals surface area contributed by atoms with Crippen molar-refractivity contribution in [1.29, 1.82) is 0 Å². The molecule has 0 bridgehead atoms. The molecule has 1 rings (SSSR count). The van der Waals surface area contributed by atoms with Crippen molar-refractivity contribution in [2.24, 2.45) is 0 Å². The van der Waals surface area contributed by atoms with Crippen LogP contribution >= 0.6 is 0 Å². The average molecular weight is 161 g/mol. The van der Waals surface area contributed by atoms with Gasteiger partial charge in [0.05, 0.1) is 0 Å². The zero-order valence-electron chi connectivity index (χ0n) is 7.42. The number of hydrogen-bond donors (Lipinski definition) is 1. The highest BCUT2D eigenvalue weighted by molar-refractivity contribution is 6.34. The van der Waals surface area contributed by atoms with E-state index in [2.05, 4.69) is 5.32 Å². The molecule has 0 saturated heterocycles. The molecular weight excluding hydrogens is 149 g/mol. The lowest BCUT2D eigenvalue weighted by Crippen LogP contribution is -2.13. The van der Waals surface area contributed by atoms with Gasteiger partial charge in [0, 0.05) is 19.2 Å². The van der Waals surface area contributed by atoms with Gasteiger partial charge in [-0.3, -0.25) is 0 Å². The number of nitrogens with one attached hydrogen (secondary N) is 1. The van der Waals surface area contributed by atoms with E-state index in [1.54, 1.807) is 0 Å². The Morgan fingerprint density at radius 3 is 2.92 bits per heavy atom. The Kier molecular flexibility index (Phi) is 2.91. The number of aldehydes is 1. The average Bonchev–Trinajstić information content (AvgIpc) is 2.09. The van der Waals surface area contributed by atoms with Crippen LogP contribution in [0.25, 0.3) is 0 Å². The third-order valence-corrected chi connectivity index (χ3v) is 1.97. The van der Waals surface area contributed by atoms with E-state index in [1.807, 2.05) is 33.1 Å². The molecule has 12 heavy (non-hydrogen) atoms. The molecule has 0 unspecified atom stereocenters. The molecule has 0 amide bonds. The Hall–Kier alpha value is -1.25. The normalized spacial score (nSPS) is 9.42. The third kappa shape index (κ3) is 1.67. The molecule has 62 valence electrons. The van der Waals surface area contributed by atoms with Crippen LogP contribution in [0.4, 0.5) is 5.69 Å². The fourth-order valence-electron chi connectivity index (χ4n) is 1.29. The van der Waals surface area contributed by atoms with Gasteiger partial charge in [-0.15, -0.1) is 0 Å². The van der Waals surface area contributed by atoms with Crippen molar-refractivity contribution >= 4 is 25.3 Å². The molecule has 0 radical (unpaired) electrons. The van der Waals surface area contributed by atoms with E-state index in [1.165, 1.54) is 0 Å². The van der Waals surface area contributed by atoms with Crippen LogP contribution in [0.15, 0.2) is 18.2 Å². The van der Waals surface area contributed by atoms with Crippen molar-refractivity contribution in [1.82, 2.24) is 0 Å². The number of hydrogen-bond acceptors (Lipinski definition) is 2. The summed E-state index contributed by atoms with van der Waals surface area (Å²) in [5, 5.41) is 3.06. The van der Waals surface area contributed by atoms with Gasteiger partial charge in [-0.05, 0) is 11.6 Å². The van der Waals surface area contributed by atoms with Crippen LogP contribution in [0.1, 0.15) is 5.56 Å². The number of carbonyl (C=O) groups is 1. The zero-order chi connectivity index (χ0) is 8.97. The van der Waals surface area contributed by atoms with Gasteiger partial charge >= 0.3 is 0 Å². The highest BCUT2D eigenvalue weighted by atomic mass is 16.1. The molecule has 1 aromatic rings. The van der Waals surface area contributed by atoms with Crippen LogP contribution in [0.2, 0.25) is 0 Å². The molecule has 1 N–H and O–H groups in total. The van der Waals surface area contributed by atoms with E-state index >= 15 is 0 Å². The van der Waals surface area contributed by atoms with Gasteiger partial charge in [0.2, 0.25) is 0 Å². The number of rotatable bonds is 3. The maximum absolute atomic E-state index is 10.4. The summed E-state index contributed by atoms with van der Waals surface area (Å²) >= 11 is 0. The van der Waals surface area contributed by atoms with E-state index in [0.29, 0.717) is 6.42 Å². The molecule has 0 aromatic heterocycles. The van der Waals surface area contributed by atoms with Crippen molar-refractivity contribution in [3.8, 4) is 0 Å². The maximum atomic E-state index is 10.4. The predicted molar refractivity (Wildman–Crippen MR) is 53.9 cm³/mol. The van der Waals surface area contributed by atoms with Crippen molar-refractivity contribution in [2.45, 2.75) is 6.42 Å². The molecule has 0 aliphatic heterocycles. The summed E-state index contributed by atoms with van der Waals surface area (Å²) in [6, 6.07) is 5.97. The lowest BCUT2D eigenvalue weighted by atomic mass is 9.88. The van der Waals surface area contributed by atoms with Crippen molar-refractivity contribution in [3.63, 3.8) is 0 Å². The third-order valence-electron chi connectivity index (χ3n) is 1.97. The largest absolute Gasteiger partial charge is 0.388 e. The summed E-state index contributed by atoms with van der Waals surface area (Å²) in [5.41, 5.74) is 3.30. The summed E-state index contributed by atoms with van der Waals surface area (Å²) in [6.45, 7) is 0. The van der Waals surface area contributed by atoms with Gasteiger partial charge in [0.25, 0.3) is 0 Å². The topological polar surface area (TPSA) is 29.1 Å². The minimum absolute atomic E-state index is 0.489. The zero-order valence-corrected chi connectivity index (χ0v) is 7.42. The molecule has 2 nitrogen and oxygen atoms in total. The van der Waals surface area contributed by atoms with Crippen molar-refractivity contribution in [3.05, 3.63) is 23.8 Å². The molecule has 0 saturated carbocycles. The van der Waals surface area contributed by atoms with Gasteiger partial charge in [-0.2, -0.15) is 0 Å². The van der Waals surface area contributed by atoms with Crippen LogP contribution in [0.3, 0.4) is 0 Å². The van der Waals surface area contributed by atoms with Crippen LogP contribution in [-0.2, 0) is 11.2 Å². The van der Waals surface area contributed by atoms with Crippen LogP contribution in [0, 0.1) is 0 Å². The van der Waals surface area contributed by atoms with Crippen LogP contribution in [0.5, 0.6) is 0 Å². The smallest absolute Gasteiger partial charge is 0.139 e. The molecule has 0 aliphatic rings.